The number of aromatic nitrogens is 6. The van der Waals surface area contributed by atoms with Crippen LogP contribution in [-0.2, 0) is 14.4 Å². The van der Waals surface area contributed by atoms with E-state index < -0.39 is 17.9 Å². The predicted octanol–water partition coefficient (Wildman–Crippen LogP) is 10.0. The van der Waals surface area contributed by atoms with Gasteiger partial charge in [-0.2, -0.15) is 0 Å². The molecule has 3 aliphatic carbocycles. The topological polar surface area (TPSA) is 147 Å². The molecule has 0 amide bonds. The molecule has 0 aliphatic heterocycles. The molecule has 9 rings (SSSR count). The van der Waals surface area contributed by atoms with E-state index in [1.54, 1.807) is 0 Å². The van der Waals surface area contributed by atoms with Gasteiger partial charge >= 0.3 is 0 Å². The van der Waals surface area contributed by atoms with Crippen molar-refractivity contribution in [2.45, 2.75) is 217 Å². The minimum absolute atomic E-state index is 0.694. The summed E-state index contributed by atoms with van der Waals surface area (Å²) in [6, 6.07) is 15.8. The van der Waals surface area contributed by atoms with Crippen LogP contribution in [0.2, 0.25) is 0 Å². The number of benzene rings is 3. The number of nitrogens with zero attached hydrogens (tertiary/aromatic N) is 6. The Labute approximate surface area is 449 Å². The second kappa shape index (κ2) is 30.9. The first-order valence-corrected chi connectivity index (χ1v) is 27.7. The normalized spacial score (nSPS) is 15.2. The summed E-state index contributed by atoms with van der Waals surface area (Å²) in [7, 11) is 0. The van der Waals surface area contributed by atoms with E-state index in [0.29, 0.717) is 6.04 Å². The Morgan fingerprint density at radius 3 is 1.11 bits per heavy atom. The van der Waals surface area contributed by atoms with Crippen LogP contribution in [0.1, 0.15) is 205 Å². The summed E-state index contributed by atoms with van der Waals surface area (Å²) in [5.41, 5.74) is 15.8. The largest absolute Gasteiger partial charge is 0.550 e. The molecule has 12 nitrogen and oxygen atoms in total. The van der Waals surface area contributed by atoms with Crippen LogP contribution < -0.4 is 29.0 Å². The van der Waals surface area contributed by atoms with Crippen LogP contribution in [0, 0.1) is 62.3 Å². The van der Waals surface area contributed by atoms with Crippen LogP contribution in [0.25, 0.3) is 17.1 Å². The first-order chi connectivity index (χ1) is 35.6. The Hall–Kier alpha value is -6.30. The van der Waals surface area contributed by atoms with E-state index in [1.807, 2.05) is 0 Å². The Kier molecular flexibility index (Phi) is 25.2. The van der Waals surface area contributed by atoms with Gasteiger partial charge in [-0.05, 0) is 194 Å². The fourth-order valence-electron chi connectivity index (χ4n) is 11.6. The molecule has 0 atom stereocenters. The number of carboxylic acid groups (broad SMARTS) is 3. The first-order valence-electron chi connectivity index (χ1n) is 27.7. The van der Waals surface area contributed by atoms with E-state index in [0.717, 1.165) is 32.9 Å². The number of carbonyl (C=O) groups excluding carboxylic acids is 3. The molecule has 12 heteroatoms. The predicted molar refractivity (Wildman–Crippen MR) is 293 cm³/mol. The fraction of sp³-hybridized carbons (Fsp3) is 0.524. The Balaban J connectivity index is 0.000000220. The Morgan fingerprint density at radius 1 is 0.413 bits per heavy atom. The van der Waals surface area contributed by atoms with Crippen molar-refractivity contribution in [2.24, 2.45) is 0 Å². The molecule has 0 bridgehead atoms. The third kappa shape index (κ3) is 20.4. The Bertz CT molecular complexity index is 2500. The standard InChI is InChI=1S/C21H25N2.C19H27N2.C17H29N2.3C2H4O2/c1-14-9-16(3)20(17(4)10-14)22-7-8-23(13-22)21-18(5)11-15(2)12-19(21)6;1-15-12-16(2)19(17(3)13-15)21-11-10-20(14-21)18-8-6-4-5-7-9-18;1-2-6-10-16(9-5-1)18-13-14-19(15-18)17-11-7-3-4-8-12-17;3*1-2(3)4/h7-13H,1-6H3;10-14,18H,4-9H2,1-3H3;13-17H,1-12H2;3*1H3,(H,3,4)/q3*+1;;;/p-3. The van der Waals surface area contributed by atoms with E-state index >= 15 is 0 Å². The number of aliphatic carboxylic acids is 3. The molecular formula is C63H90N6O6. The molecule has 408 valence electrons. The summed E-state index contributed by atoms with van der Waals surface area (Å²) in [5.74, 6) is -3.25. The molecule has 3 aliphatic rings. The summed E-state index contributed by atoms with van der Waals surface area (Å²) in [5, 5.41) is 26.7. The van der Waals surface area contributed by atoms with Gasteiger partial charge in [0, 0.05) is 17.9 Å². The lowest BCUT2D eigenvalue weighted by Gasteiger charge is -2.12. The maximum Gasteiger partial charge on any atom is 0.254 e. The van der Waals surface area contributed by atoms with Gasteiger partial charge in [0.1, 0.15) is 72.4 Å². The van der Waals surface area contributed by atoms with Crippen molar-refractivity contribution in [3.8, 4) is 17.1 Å². The highest BCUT2D eigenvalue weighted by Crippen LogP contribution is 2.29. The fourth-order valence-corrected chi connectivity index (χ4v) is 11.6. The lowest BCUT2D eigenvalue weighted by Crippen LogP contribution is -2.37. The number of rotatable bonds is 6. The van der Waals surface area contributed by atoms with Gasteiger partial charge in [0.2, 0.25) is 12.7 Å². The molecule has 3 aromatic heterocycles. The summed E-state index contributed by atoms with van der Waals surface area (Å²) in [4.78, 5) is 26.7. The van der Waals surface area contributed by atoms with Crippen LogP contribution in [-0.4, -0.2) is 31.6 Å². The minimum atomic E-state index is -1.08. The molecule has 0 radical (unpaired) electrons. The van der Waals surface area contributed by atoms with Gasteiger partial charge < -0.3 is 29.7 Å². The third-order valence-corrected chi connectivity index (χ3v) is 14.4. The number of aryl methyl sites for hydroxylation is 9. The van der Waals surface area contributed by atoms with Gasteiger partial charge in [0.05, 0.1) is 0 Å². The molecule has 3 aromatic carbocycles. The SMILES string of the molecule is CC(=O)[O-].CC(=O)[O-].CC(=O)[O-].Cc1cc(C)c(-n2cc[n+](-c3c(C)cc(C)cc3C)c2)c(C)c1.Cc1cc(C)c(-n2cc[n+](C3CCCCCC3)c2)c(C)c1.c1c[n+](C2CCCCCC2)cn1C1CCCCCC1. The highest BCUT2D eigenvalue weighted by atomic mass is 16.4. The molecule has 0 N–H and O–H groups in total. The van der Waals surface area contributed by atoms with E-state index in [1.165, 1.54) is 183 Å². The second-order valence-corrected chi connectivity index (χ2v) is 21.5. The Morgan fingerprint density at radius 2 is 0.720 bits per heavy atom. The van der Waals surface area contributed by atoms with Crippen molar-refractivity contribution >= 4 is 17.9 Å². The molecular weight excluding hydrogens is 937 g/mol. The average molecular weight is 1030 g/mol. The third-order valence-electron chi connectivity index (χ3n) is 14.4. The molecule has 75 heavy (non-hydrogen) atoms. The zero-order valence-corrected chi connectivity index (χ0v) is 47.8. The van der Waals surface area contributed by atoms with Crippen molar-refractivity contribution in [1.82, 2.24) is 13.7 Å². The first kappa shape index (κ1) is 61.2. The van der Waals surface area contributed by atoms with E-state index in [4.69, 9.17) is 29.7 Å². The molecule has 0 spiro atoms. The van der Waals surface area contributed by atoms with Crippen LogP contribution in [0.15, 0.2) is 92.6 Å². The molecule has 0 unspecified atom stereocenters. The lowest BCUT2D eigenvalue weighted by atomic mass is 10.0. The van der Waals surface area contributed by atoms with Crippen molar-refractivity contribution in [3.63, 3.8) is 0 Å². The van der Waals surface area contributed by atoms with Crippen LogP contribution in [0.3, 0.4) is 0 Å². The molecule has 3 heterocycles. The average Bonchev–Trinajstić information content (AvgIpc) is 3.91. The number of carbonyl (C=O) groups is 3. The zero-order valence-electron chi connectivity index (χ0n) is 47.8. The smallest absolute Gasteiger partial charge is 0.254 e. The van der Waals surface area contributed by atoms with Crippen molar-refractivity contribution in [1.29, 1.82) is 0 Å². The molecule has 6 aromatic rings. The number of imidazole rings is 3. The van der Waals surface area contributed by atoms with Gasteiger partial charge in [0.25, 0.3) is 6.33 Å². The van der Waals surface area contributed by atoms with Crippen molar-refractivity contribution in [3.05, 3.63) is 143 Å². The zero-order chi connectivity index (χ0) is 55.2. The van der Waals surface area contributed by atoms with E-state index in [-0.39, 0.29) is 0 Å². The minimum Gasteiger partial charge on any atom is -0.550 e. The van der Waals surface area contributed by atoms with Crippen LogP contribution in [0.4, 0.5) is 0 Å². The number of hydrogen-bond donors (Lipinski definition) is 0. The van der Waals surface area contributed by atoms with Gasteiger partial charge in [-0.3, -0.25) is 0 Å². The van der Waals surface area contributed by atoms with Crippen LogP contribution in [0.5, 0.6) is 0 Å². The summed E-state index contributed by atoms with van der Waals surface area (Å²) < 4.78 is 14.2. The van der Waals surface area contributed by atoms with Crippen molar-refractivity contribution in [2.75, 3.05) is 0 Å². The van der Waals surface area contributed by atoms with Gasteiger partial charge in [-0.15, -0.1) is 0 Å². The maximum absolute atomic E-state index is 8.89. The summed E-state index contributed by atoms with van der Waals surface area (Å²) >= 11 is 0. The number of hydrogen-bond acceptors (Lipinski definition) is 6. The van der Waals surface area contributed by atoms with Crippen molar-refractivity contribution < 1.29 is 43.4 Å². The van der Waals surface area contributed by atoms with Gasteiger partial charge in [-0.1, -0.05) is 91.6 Å². The highest BCUT2D eigenvalue weighted by molar-refractivity contribution is 5.60. The van der Waals surface area contributed by atoms with E-state index in [9.17, 15) is 0 Å². The summed E-state index contributed by atoms with van der Waals surface area (Å²) in [6.07, 6.45) is 45.6. The van der Waals surface area contributed by atoms with Crippen LogP contribution >= 0.6 is 0 Å². The van der Waals surface area contributed by atoms with Gasteiger partial charge in [-0.25, -0.2) is 27.4 Å². The molecule has 3 saturated carbocycles. The van der Waals surface area contributed by atoms with Gasteiger partial charge in [0.15, 0.2) is 0 Å². The molecule has 3 fully saturated rings. The quantitative estimate of drug-likeness (QED) is 0.120. The highest BCUT2D eigenvalue weighted by Gasteiger charge is 2.24. The second-order valence-electron chi connectivity index (χ2n) is 21.5. The summed E-state index contributed by atoms with van der Waals surface area (Å²) in [6.45, 7) is 22.5. The number of carboxylic acids is 3. The maximum atomic E-state index is 8.89. The molecule has 0 saturated heterocycles. The lowest BCUT2D eigenvalue weighted by molar-refractivity contribution is -0.724. The monoisotopic (exact) mass is 1030 g/mol. The van der Waals surface area contributed by atoms with E-state index in [2.05, 4.69) is 182 Å².